The maximum atomic E-state index is 15.4. The number of nitrogens with zero attached hydrogens (tertiary/aromatic N) is 3. The van der Waals surface area contributed by atoms with Gasteiger partial charge in [-0.25, -0.2) is 9.97 Å². The quantitative estimate of drug-likeness (QED) is 0.621. The highest BCUT2D eigenvalue weighted by Gasteiger charge is 2.33. The number of carbonyl (C=O) groups is 1. The van der Waals surface area contributed by atoms with Crippen molar-refractivity contribution >= 4 is 17.5 Å². The van der Waals surface area contributed by atoms with E-state index in [2.05, 4.69) is 15.3 Å². The molecule has 0 aliphatic carbocycles. The second-order valence-electron chi connectivity index (χ2n) is 9.20. The van der Waals surface area contributed by atoms with Crippen LogP contribution in [0.1, 0.15) is 57.2 Å². The molecule has 1 amide bonds. The van der Waals surface area contributed by atoms with E-state index in [-0.39, 0.29) is 23.1 Å². The molecule has 1 aliphatic heterocycles. The lowest BCUT2D eigenvalue weighted by atomic mass is 9.88. The molecule has 2 atom stereocenters. The van der Waals surface area contributed by atoms with Gasteiger partial charge in [0.25, 0.3) is 0 Å². The van der Waals surface area contributed by atoms with Crippen LogP contribution >= 0.6 is 0 Å². The van der Waals surface area contributed by atoms with Gasteiger partial charge in [0.05, 0.1) is 11.6 Å². The van der Waals surface area contributed by atoms with Crippen molar-refractivity contribution in [3.05, 3.63) is 47.5 Å². The Kier molecular flexibility index (Phi) is 6.61. The Morgan fingerprint density at radius 3 is 2.44 bits per heavy atom. The smallest absolute Gasteiger partial charge is 0.368 e. The minimum atomic E-state index is -4.42. The van der Waals surface area contributed by atoms with Gasteiger partial charge in [-0.05, 0) is 42.4 Å². The van der Waals surface area contributed by atoms with Gasteiger partial charge in [-0.2, -0.15) is 17.6 Å². The van der Waals surface area contributed by atoms with Crippen LogP contribution in [0.5, 0.6) is 0 Å². The third-order valence-corrected chi connectivity index (χ3v) is 5.39. The zero-order valence-electron chi connectivity index (χ0n) is 18.2. The summed E-state index contributed by atoms with van der Waals surface area (Å²) in [6, 6.07) is 3.73. The predicted molar refractivity (Wildman–Crippen MR) is 113 cm³/mol. The highest BCUT2D eigenvalue weighted by Crippen LogP contribution is 2.38. The number of carbonyl (C=O) groups excluding carboxylic acids is 1. The molecule has 0 radical (unpaired) electrons. The van der Waals surface area contributed by atoms with Crippen LogP contribution < -0.4 is 16.0 Å². The lowest BCUT2D eigenvalue weighted by Gasteiger charge is -2.28. The summed E-state index contributed by atoms with van der Waals surface area (Å²) in [5, 5.41) is 2.79. The summed E-state index contributed by atoms with van der Waals surface area (Å²) >= 11 is 0. The Bertz CT molecular complexity index is 956. The first-order chi connectivity index (χ1) is 14.9. The maximum absolute atomic E-state index is 15.4. The van der Waals surface area contributed by atoms with Crippen molar-refractivity contribution in [1.29, 1.82) is 0 Å². The lowest BCUT2D eigenvalue weighted by molar-refractivity contribution is -0.137. The van der Waals surface area contributed by atoms with E-state index in [4.69, 9.17) is 5.73 Å². The number of nitrogens with one attached hydrogen (secondary N) is 1. The molecule has 0 unspecified atom stereocenters. The summed E-state index contributed by atoms with van der Waals surface area (Å²) in [6.07, 6.45) is -1.48. The van der Waals surface area contributed by atoms with Crippen LogP contribution in [-0.2, 0) is 11.0 Å². The molecule has 1 saturated heterocycles. The fraction of sp³-hybridized carbons (Fsp3) is 0.500. The molecular formula is C22H27F4N5O. The monoisotopic (exact) mass is 453 g/mol. The van der Waals surface area contributed by atoms with Crippen molar-refractivity contribution in [3.63, 3.8) is 0 Å². The van der Waals surface area contributed by atoms with Gasteiger partial charge in [0, 0.05) is 6.54 Å². The zero-order valence-corrected chi connectivity index (χ0v) is 18.2. The van der Waals surface area contributed by atoms with Crippen LogP contribution in [0, 0.1) is 11.2 Å². The van der Waals surface area contributed by atoms with E-state index in [0.717, 1.165) is 18.6 Å². The number of alkyl halides is 3. The Morgan fingerprint density at radius 1 is 1.22 bits per heavy atom. The number of hydrogen-bond donors (Lipinski definition) is 2. The van der Waals surface area contributed by atoms with Crippen LogP contribution in [0.25, 0.3) is 0 Å². The van der Waals surface area contributed by atoms with Crippen LogP contribution in [0.2, 0.25) is 0 Å². The van der Waals surface area contributed by atoms with Gasteiger partial charge in [-0.3, -0.25) is 4.79 Å². The number of rotatable bonds is 6. The molecule has 1 aliphatic rings. The van der Waals surface area contributed by atoms with Crippen molar-refractivity contribution in [3.8, 4) is 0 Å². The van der Waals surface area contributed by atoms with Gasteiger partial charge in [-0.15, -0.1) is 0 Å². The summed E-state index contributed by atoms with van der Waals surface area (Å²) in [5.41, 5.74) is 5.16. The Morgan fingerprint density at radius 2 is 1.88 bits per heavy atom. The largest absolute Gasteiger partial charge is 0.416 e. The minimum absolute atomic E-state index is 0.0314. The fourth-order valence-corrected chi connectivity index (χ4v) is 3.92. The van der Waals surface area contributed by atoms with E-state index in [1.54, 1.807) is 4.90 Å². The van der Waals surface area contributed by atoms with Gasteiger partial charge >= 0.3 is 6.18 Å². The summed E-state index contributed by atoms with van der Waals surface area (Å²) in [4.78, 5) is 21.6. The number of benzene rings is 1. The summed E-state index contributed by atoms with van der Waals surface area (Å²) in [6.45, 7) is 6.29. The Labute approximate surface area is 184 Å². The zero-order chi connectivity index (χ0) is 23.7. The maximum Gasteiger partial charge on any atom is 0.416 e. The normalized spacial score (nSPS) is 18.0. The number of nitrogens with two attached hydrogens (primary N) is 1. The molecule has 1 aromatic carbocycles. The number of halogens is 4. The van der Waals surface area contributed by atoms with Crippen molar-refractivity contribution in [2.24, 2.45) is 11.1 Å². The average molecular weight is 453 g/mol. The molecule has 3 N–H and O–H groups in total. The molecule has 2 heterocycles. The van der Waals surface area contributed by atoms with E-state index >= 15 is 4.39 Å². The Balaban J connectivity index is 1.87. The molecular weight excluding hydrogens is 426 g/mol. The van der Waals surface area contributed by atoms with Crippen molar-refractivity contribution < 1.29 is 22.4 Å². The fourth-order valence-electron chi connectivity index (χ4n) is 3.92. The van der Waals surface area contributed by atoms with Crippen LogP contribution in [-0.4, -0.2) is 28.5 Å². The third kappa shape index (κ3) is 5.46. The molecule has 0 bridgehead atoms. The molecule has 10 heteroatoms. The molecule has 1 fully saturated rings. The first kappa shape index (κ1) is 23.7. The first-order valence-corrected chi connectivity index (χ1v) is 10.4. The van der Waals surface area contributed by atoms with E-state index in [0.29, 0.717) is 24.9 Å². The van der Waals surface area contributed by atoms with Gasteiger partial charge in [0.2, 0.25) is 11.7 Å². The minimum Gasteiger partial charge on any atom is -0.368 e. The second kappa shape index (κ2) is 8.91. The molecule has 0 spiro atoms. The van der Waals surface area contributed by atoms with Crippen LogP contribution in [0.3, 0.4) is 0 Å². The average Bonchev–Trinajstić information content (AvgIpc) is 3.17. The van der Waals surface area contributed by atoms with E-state index in [1.807, 2.05) is 20.8 Å². The summed E-state index contributed by atoms with van der Waals surface area (Å²) in [7, 11) is 0. The number of aromatic nitrogens is 2. The van der Waals surface area contributed by atoms with E-state index in [9.17, 15) is 18.0 Å². The SMILES string of the molecule is CC(C)(C)C[C@@H](Nc1ncnc(N2CCC[C@H]2c2ccc(C(F)(F)F)cc2)c1F)C(N)=O. The Hall–Kier alpha value is -2.91. The number of anilines is 2. The summed E-state index contributed by atoms with van der Waals surface area (Å²) in [5.74, 6) is -1.46. The van der Waals surface area contributed by atoms with Crippen LogP contribution in [0.15, 0.2) is 30.6 Å². The molecule has 174 valence electrons. The second-order valence-corrected chi connectivity index (χ2v) is 9.20. The van der Waals surface area contributed by atoms with Gasteiger partial charge in [0.15, 0.2) is 11.6 Å². The van der Waals surface area contributed by atoms with Crippen molar-refractivity contribution in [1.82, 2.24) is 9.97 Å². The predicted octanol–water partition coefficient (Wildman–Crippen LogP) is 4.68. The molecule has 0 saturated carbocycles. The first-order valence-electron chi connectivity index (χ1n) is 10.4. The molecule has 32 heavy (non-hydrogen) atoms. The van der Waals surface area contributed by atoms with Crippen molar-refractivity contribution in [2.45, 2.75) is 58.3 Å². The van der Waals surface area contributed by atoms with Gasteiger partial charge < -0.3 is 16.0 Å². The highest BCUT2D eigenvalue weighted by molar-refractivity contribution is 5.82. The molecule has 1 aromatic heterocycles. The van der Waals surface area contributed by atoms with Gasteiger partial charge in [-0.1, -0.05) is 32.9 Å². The van der Waals surface area contributed by atoms with Crippen LogP contribution in [0.4, 0.5) is 29.2 Å². The number of hydrogen-bond acceptors (Lipinski definition) is 5. The standard InChI is InChI=1S/C22H27F4N5O/c1-21(2,3)11-15(18(27)32)30-19-17(23)20(29-12-28-19)31-10-4-5-16(31)13-6-8-14(9-7-13)22(24,25)26/h6-9,12,15-16H,4-5,10-11H2,1-3H3,(H2,27,32)(H,28,29,30)/t15-,16+/m1/s1. The van der Waals surface area contributed by atoms with Crippen molar-refractivity contribution in [2.75, 3.05) is 16.8 Å². The lowest BCUT2D eigenvalue weighted by Crippen LogP contribution is -2.39. The van der Waals surface area contributed by atoms with E-state index < -0.39 is 29.5 Å². The van der Waals surface area contributed by atoms with Gasteiger partial charge in [0.1, 0.15) is 12.4 Å². The number of primary amides is 1. The van der Waals surface area contributed by atoms with E-state index in [1.165, 1.54) is 18.5 Å². The molecule has 6 nitrogen and oxygen atoms in total. The summed E-state index contributed by atoms with van der Waals surface area (Å²) < 4.78 is 54.0. The topological polar surface area (TPSA) is 84.1 Å². The third-order valence-electron chi connectivity index (χ3n) is 5.39. The highest BCUT2D eigenvalue weighted by atomic mass is 19.4. The molecule has 2 aromatic rings. The number of amides is 1. The molecule has 3 rings (SSSR count).